The number of benzene rings is 1. The molecule has 0 radical (unpaired) electrons. The lowest BCUT2D eigenvalue weighted by molar-refractivity contribution is 0.409. The van der Waals surface area contributed by atoms with E-state index in [1.54, 1.807) is 7.11 Å². The Kier molecular flexibility index (Phi) is 3.77. The lowest BCUT2D eigenvalue weighted by Gasteiger charge is -2.18. The first-order valence-electron chi connectivity index (χ1n) is 5.82. The highest BCUT2D eigenvalue weighted by Crippen LogP contribution is 2.20. The molecule has 4 nitrogen and oxygen atoms in total. The van der Waals surface area contributed by atoms with Crippen LogP contribution in [0.15, 0.2) is 36.7 Å². The summed E-state index contributed by atoms with van der Waals surface area (Å²) in [7, 11) is 3.65. The van der Waals surface area contributed by atoms with Crippen LogP contribution < -0.4 is 9.64 Å². The minimum absolute atomic E-state index is 0.714. The van der Waals surface area contributed by atoms with Crippen molar-refractivity contribution in [3.8, 4) is 5.75 Å². The van der Waals surface area contributed by atoms with Crippen molar-refractivity contribution in [2.75, 3.05) is 19.1 Å². The van der Waals surface area contributed by atoms with Crippen LogP contribution in [0, 0.1) is 6.92 Å². The molecule has 0 saturated heterocycles. The molecule has 0 saturated carbocycles. The van der Waals surface area contributed by atoms with Gasteiger partial charge >= 0.3 is 0 Å². The fourth-order valence-corrected chi connectivity index (χ4v) is 1.74. The maximum Gasteiger partial charge on any atom is 0.225 e. The second-order valence-corrected chi connectivity index (χ2v) is 4.23. The predicted molar refractivity (Wildman–Crippen MR) is 71.9 cm³/mol. The van der Waals surface area contributed by atoms with Crippen LogP contribution in [-0.2, 0) is 6.54 Å². The van der Waals surface area contributed by atoms with Crippen molar-refractivity contribution in [3.63, 3.8) is 0 Å². The summed E-state index contributed by atoms with van der Waals surface area (Å²) in [6.07, 6.45) is 3.64. The molecule has 0 aliphatic rings. The number of hydrogen-bond acceptors (Lipinski definition) is 4. The average molecular weight is 243 g/mol. The Hall–Kier alpha value is -2.10. The smallest absolute Gasteiger partial charge is 0.225 e. The van der Waals surface area contributed by atoms with Crippen molar-refractivity contribution in [3.05, 3.63) is 47.8 Å². The number of nitrogens with zero attached hydrogens (tertiary/aromatic N) is 3. The first-order chi connectivity index (χ1) is 8.70. The fourth-order valence-electron chi connectivity index (χ4n) is 1.74. The van der Waals surface area contributed by atoms with Gasteiger partial charge in [-0.2, -0.15) is 0 Å². The summed E-state index contributed by atoms with van der Waals surface area (Å²) >= 11 is 0. The van der Waals surface area contributed by atoms with Gasteiger partial charge in [0, 0.05) is 31.5 Å². The van der Waals surface area contributed by atoms with Crippen molar-refractivity contribution in [2.45, 2.75) is 13.5 Å². The number of methoxy groups -OCH3 is 1. The molecule has 0 fully saturated rings. The van der Waals surface area contributed by atoms with E-state index in [1.165, 1.54) is 0 Å². The zero-order valence-electron chi connectivity index (χ0n) is 10.9. The normalized spacial score (nSPS) is 10.2. The average Bonchev–Trinajstić information content (AvgIpc) is 2.40. The molecule has 0 unspecified atom stereocenters. The van der Waals surface area contributed by atoms with Crippen LogP contribution in [0.5, 0.6) is 5.75 Å². The Morgan fingerprint density at radius 3 is 2.50 bits per heavy atom. The van der Waals surface area contributed by atoms with Gasteiger partial charge in [0.25, 0.3) is 0 Å². The first kappa shape index (κ1) is 12.4. The third kappa shape index (κ3) is 2.77. The van der Waals surface area contributed by atoms with Crippen molar-refractivity contribution in [1.29, 1.82) is 0 Å². The topological polar surface area (TPSA) is 38.2 Å². The molecule has 0 atom stereocenters. The Balaban J connectivity index is 2.15. The van der Waals surface area contributed by atoms with Crippen LogP contribution in [0.4, 0.5) is 5.95 Å². The van der Waals surface area contributed by atoms with Crippen LogP contribution in [0.25, 0.3) is 0 Å². The maximum atomic E-state index is 5.33. The molecule has 2 aromatic rings. The fraction of sp³-hybridized carbons (Fsp3) is 0.286. The van der Waals surface area contributed by atoms with Gasteiger partial charge in [-0.15, -0.1) is 0 Å². The van der Waals surface area contributed by atoms with E-state index in [-0.39, 0.29) is 0 Å². The minimum atomic E-state index is 0.714. The molecule has 0 amide bonds. The van der Waals surface area contributed by atoms with Gasteiger partial charge in [-0.1, -0.05) is 18.2 Å². The molecule has 4 heteroatoms. The summed E-state index contributed by atoms with van der Waals surface area (Å²) in [5.74, 6) is 1.60. The van der Waals surface area contributed by atoms with Crippen molar-refractivity contribution in [2.24, 2.45) is 0 Å². The summed E-state index contributed by atoms with van der Waals surface area (Å²) in [5.41, 5.74) is 2.18. The highest BCUT2D eigenvalue weighted by Gasteiger charge is 2.08. The third-order valence-corrected chi connectivity index (χ3v) is 2.71. The van der Waals surface area contributed by atoms with E-state index in [2.05, 4.69) is 9.97 Å². The minimum Gasteiger partial charge on any atom is -0.496 e. The standard InChI is InChI=1S/C14H17N3O/c1-11-8-15-14(16-9-11)17(2)10-12-6-4-5-7-13(12)18-3/h4-9H,10H2,1-3H3. The summed E-state index contributed by atoms with van der Waals surface area (Å²) < 4.78 is 5.33. The number of rotatable bonds is 4. The second-order valence-electron chi connectivity index (χ2n) is 4.23. The Morgan fingerprint density at radius 2 is 1.83 bits per heavy atom. The number of aromatic nitrogens is 2. The van der Waals surface area contributed by atoms with Gasteiger partial charge in [0.15, 0.2) is 0 Å². The molecule has 94 valence electrons. The maximum absolute atomic E-state index is 5.33. The van der Waals surface area contributed by atoms with E-state index < -0.39 is 0 Å². The lowest BCUT2D eigenvalue weighted by Crippen LogP contribution is -2.19. The molecule has 0 N–H and O–H groups in total. The lowest BCUT2D eigenvalue weighted by atomic mass is 10.2. The van der Waals surface area contributed by atoms with E-state index in [0.29, 0.717) is 12.5 Å². The van der Waals surface area contributed by atoms with Crippen LogP contribution in [0.3, 0.4) is 0 Å². The summed E-state index contributed by atoms with van der Waals surface area (Å²) in [5, 5.41) is 0. The van der Waals surface area contributed by atoms with Crippen molar-refractivity contribution >= 4 is 5.95 Å². The van der Waals surface area contributed by atoms with Gasteiger partial charge in [-0.25, -0.2) is 9.97 Å². The highest BCUT2D eigenvalue weighted by atomic mass is 16.5. The zero-order chi connectivity index (χ0) is 13.0. The Morgan fingerprint density at radius 1 is 1.17 bits per heavy atom. The molecule has 0 spiro atoms. The predicted octanol–water partition coefficient (Wildman–Crippen LogP) is 2.43. The van der Waals surface area contributed by atoms with Gasteiger partial charge in [-0.05, 0) is 18.6 Å². The quantitative estimate of drug-likeness (QED) is 0.826. The molecule has 1 aromatic carbocycles. The van der Waals surface area contributed by atoms with E-state index >= 15 is 0 Å². The van der Waals surface area contributed by atoms with Crippen molar-refractivity contribution < 1.29 is 4.74 Å². The number of ether oxygens (including phenoxy) is 1. The molecule has 0 aliphatic heterocycles. The van der Waals surface area contributed by atoms with Gasteiger partial charge in [-0.3, -0.25) is 0 Å². The SMILES string of the molecule is COc1ccccc1CN(C)c1ncc(C)cn1. The summed E-state index contributed by atoms with van der Waals surface area (Å²) in [6, 6.07) is 7.97. The number of anilines is 1. The Bertz CT molecular complexity index is 511. The van der Waals surface area contributed by atoms with E-state index in [0.717, 1.165) is 16.9 Å². The molecule has 2 rings (SSSR count). The van der Waals surface area contributed by atoms with Crippen LogP contribution >= 0.6 is 0 Å². The van der Waals surface area contributed by atoms with Crippen LogP contribution in [0.2, 0.25) is 0 Å². The number of aryl methyl sites for hydroxylation is 1. The molecule has 0 aliphatic carbocycles. The van der Waals surface area contributed by atoms with Gasteiger partial charge in [0.05, 0.1) is 7.11 Å². The Labute approximate surface area is 107 Å². The molecule has 18 heavy (non-hydrogen) atoms. The van der Waals surface area contributed by atoms with Crippen LogP contribution in [-0.4, -0.2) is 24.1 Å². The second kappa shape index (κ2) is 5.49. The molecule has 0 bridgehead atoms. The van der Waals surface area contributed by atoms with E-state index in [1.807, 2.05) is 55.5 Å². The van der Waals surface area contributed by atoms with Gasteiger partial charge in [0.2, 0.25) is 5.95 Å². The zero-order valence-corrected chi connectivity index (χ0v) is 10.9. The molecule has 1 aromatic heterocycles. The molecular weight excluding hydrogens is 226 g/mol. The van der Waals surface area contributed by atoms with E-state index in [4.69, 9.17) is 4.74 Å². The number of hydrogen-bond donors (Lipinski definition) is 0. The van der Waals surface area contributed by atoms with Crippen molar-refractivity contribution in [1.82, 2.24) is 9.97 Å². The monoisotopic (exact) mass is 243 g/mol. The summed E-state index contributed by atoms with van der Waals surface area (Å²) in [4.78, 5) is 10.6. The summed E-state index contributed by atoms with van der Waals surface area (Å²) in [6.45, 7) is 2.69. The van der Waals surface area contributed by atoms with Crippen LogP contribution in [0.1, 0.15) is 11.1 Å². The third-order valence-electron chi connectivity index (χ3n) is 2.71. The highest BCUT2D eigenvalue weighted by molar-refractivity contribution is 5.38. The largest absolute Gasteiger partial charge is 0.496 e. The van der Waals surface area contributed by atoms with Gasteiger partial charge in [0.1, 0.15) is 5.75 Å². The number of para-hydroxylation sites is 1. The molecular formula is C14H17N3O. The van der Waals surface area contributed by atoms with Gasteiger partial charge < -0.3 is 9.64 Å². The van der Waals surface area contributed by atoms with E-state index in [9.17, 15) is 0 Å². The first-order valence-corrected chi connectivity index (χ1v) is 5.82. The molecule has 1 heterocycles.